The number of anilines is 2. The lowest BCUT2D eigenvalue weighted by Crippen LogP contribution is -2.34. The quantitative estimate of drug-likeness (QED) is 0.411. The minimum absolute atomic E-state index is 0.266. The molecule has 0 fully saturated rings. The summed E-state index contributed by atoms with van der Waals surface area (Å²) in [7, 11) is 1.77. The molecule has 156 valence electrons. The maximum atomic E-state index is 13.5. The zero-order valence-corrected chi connectivity index (χ0v) is 19.1. The fourth-order valence-electron chi connectivity index (χ4n) is 3.27. The first-order valence-corrected chi connectivity index (χ1v) is 11.1. The van der Waals surface area contributed by atoms with Gasteiger partial charge in [0.2, 0.25) is 0 Å². The van der Waals surface area contributed by atoms with E-state index in [1.165, 1.54) is 17.8 Å². The highest BCUT2D eigenvalue weighted by molar-refractivity contribution is 8.04. The first kappa shape index (κ1) is 21.5. The number of amides is 2. The smallest absolute Gasteiger partial charge is 0.283 e. The van der Waals surface area contributed by atoms with Gasteiger partial charge in [-0.1, -0.05) is 70.9 Å². The molecule has 0 saturated carbocycles. The maximum absolute atomic E-state index is 13.5. The second-order valence-electron chi connectivity index (χ2n) is 7.03. The number of hydrogen-bond acceptors (Lipinski definition) is 4. The van der Waals surface area contributed by atoms with Gasteiger partial charge in [0.25, 0.3) is 11.8 Å². The summed E-state index contributed by atoms with van der Waals surface area (Å²) in [5, 5.41) is 0.659. The van der Waals surface area contributed by atoms with Crippen LogP contribution < -0.4 is 9.80 Å². The van der Waals surface area contributed by atoms with Crippen molar-refractivity contribution in [3.63, 3.8) is 0 Å². The molecule has 2 amide bonds. The number of halogens is 2. The molecule has 0 aliphatic carbocycles. The molecule has 0 bridgehead atoms. The number of carbonyl (C=O) groups is 2. The van der Waals surface area contributed by atoms with E-state index < -0.39 is 11.8 Å². The SMILES string of the molecule is Cc1ccc(SC2=C(N(C)c3ccccc3)C(=O)N(c3cc(Cl)ccc3Cl)C2=O)cc1. The lowest BCUT2D eigenvalue weighted by atomic mass is 10.2. The van der Waals surface area contributed by atoms with Crippen molar-refractivity contribution < 1.29 is 9.59 Å². The topological polar surface area (TPSA) is 40.6 Å². The average molecular weight is 469 g/mol. The first-order valence-electron chi connectivity index (χ1n) is 9.48. The number of imide groups is 1. The molecule has 4 nitrogen and oxygen atoms in total. The van der Waals surface area contributed by atoms with E-state index in [0.717, 1.165) is 21.0 Å². The molecule has 3 aromatic carbocycles. The van der Waals surface area contributed by atoms with Crippen molar-refractivity contribution in [3.05, 3.63) is 99.0 Å². The molecule has 4 rings (SSSR count). The minimum atomic E-state index is -0.449. The van der Waals surface area contributed by atoms with Gasteiger partial charge in [-0.2, -0.15) is 0 Å². The Morgan fingerprint density at radius 1 is 0.871 bits per heavy atom. The van der Waals surface area contributed by atoms with Crippen molar-refractivity contribution in [1.82, 2.24) is 0 Å². The predicted molar refractivity (Wildman–Crippen MR) is 128 cm³/mol. The fraction of sp³-hybridized carbons (Fsp3) is 0.0833. The van der Waals surface area contributed by atoms with E-state index in [1.54, 1.807) is 24.1 Å². The van der Waals surface area contributed by atoms with Crippen LogP contribution in [0.25, 0.3) is 0 Å². The molecule has 0 atom stereocenters. The monoisotopic (exact) mass is 468 g/mol. The van der Waals surface area contributed by atoms with Gasteiger partial charge in [0.1, 0.15) is 10.6 Å². The molecule has 0 N–H and O–H groups in total. The number of carbonyl (C=O) groups excluding carboxylic acids is 2. The van der Waals surface area contributed by atoms with Gasteiger partial charge < -0.3 is 4.90 Å². The molecule has 1 aliphatic rings. The number of rotatable bonds is 5. The van der Waals surface area contributed by atoms with E-state index in [-0.39, 0.29) is 16.4 Å². The Labute approximate surface area is 195 Å². The molecule has 0 saturated heterocycles. The number of thioether (sulfide) groups is 1. The molecule has 0 spiro atoms. The summed E-state index contributed by atoms with van der Waals surface area (Å²) in [5.74, 6) is -0.882. The van der Waals surface area contributed by atoms with E-state index in [1.807, 2.05) is 61.5 Å². The molecule has 3 aromatic rings. The standard InChI is InChI=1S/C24H18Cl2N2O2S/c1-15-8-11-18(12-9-15)31-22-21(27(2)17-6-4-3-5-7-17)23(29)28(24(22)30)20-14-16(25)10-13-19(20)26/h3-14H,1-2H3. The van der Waals surface area contributed by atoms with Crippen LogP contribution in [0.2, 0.25) is 10.0 Å². The van der Waals surface area contributed by atoms with Crippen LogP contribution in [0, 0.1) is 6.92 Å². The van der Waals surface area contributed by atoms with Crippen LogP contribution in [-0.2, 0) is 9.59 Å². The van der Waals surface area contributed by atoms with Gasteiger partial charge in [-0.05, 0) is 49.4 Å². The highest BCUT2D eigenvalue weighted by atomic mass is 35.5. The number of benzene rings is 3. The van der Waals surface area contributed by atoms with E-state index in [2.05, 4.69) is 0 Å². The van der Waals surface area contributed by atoms with E-state index >= 15 is 0 Å². The van der Waals surface area contributed by atoms with Crippen LogP contribution in [0.1, 0.15) is 5.56 Å². The number of hydrogen-bond donors (Lipinski definition) is 0. The third kappa shape index (κ3) is 4.22. The van der Waals surface area contributed by atoms with Crippen molar-refractivity contribution >= 4 is 58.2 Å². The number of nitrogens with zero attached hydrogens (tertiary/aromatic N) is 2. The zero-order chi connectivity index (χ0) is 22.1. The van der Waals surface area contributed by atoms with Gasteiger partial charge in [-0.25, -0.2) is 4.90 Å². The van der Waals surface area contributed by atoms with Crippen LogP contribution in [0.15, 0.2) is 88.3 Å². The molecular weight excluding hydrogens is 451 g/mol. The van der Waals surface area contributed by atoms with E-state index in [9.17, 15) is 9.59 Å². The molecule has 0 radical (unpaired) electrons. The van der Waals surface area contributed by atoms with E-state index in [4.69, 9.17) is 23.2 Å². The molecule has 0 unspecified atom stereocenters. The van der Waals surface area contributed by atoms with Crippen molar-refractivity contribution in [2.24, 2.45) is 0 Å². The second-order valence-corrected chi connectivity index (χ2v) is 8.96. The molecule has 1 heterocycles. The summed E-state index contributed by atoms with van der Waals surface area (Å²) in [4.78, 5) is 31.1. The number of para-hydroxylation sites is 1. The lowest BCUT2D eigenvalue weighted by molar-refractivity contribution is -0.120. The van der Waals surface area contributed by atoms with E-state index in [0.29, 0.717) is 9.93 Å². The summed E-state index contributed by atoms with van der Waals surface area (Å²) < 4.78 is 0. The largest absolute Gasteiger partial charge is 0.339 e. The highest BCUT2D eigenvalue weighted by Gasteiger charge is 2.42. The van der Waals surface area contributed by atoms with Gasteiger partial charge in [-0.15, -0.1) is 0 Å². The van der Waals surface area contributed by atoms with Gasteiger partial charge in [0.05, 0.1) is 10.7 Å². The third-order valence-electron chi connectivity index (χ3n) is 4.89. The maximum Gasteiger partial charge on any atom is 0.283 e. The summed E-state index contributed by atoms with van der Waals surface area (Å²) in [6, 6.07) is 21.9. The Balaban J connectivity index is 1.82. The van der Waals surface area contributed by atoms with Crippen molar-refractivity contribution in [2.45, 2.75) is 11.8 Å². The van der Waals surface area contributed by atoms with Crippen LogP contribution in [0.4, 0.5) is 11.4 Å². The second kappa shape index (κ2) is 8.79. The summed E-state index contributed by atoms with van der Waals surface area (Å²) >= 11 is 13.7. The Hall–Kier alpha value is -2.73. The van der Waals surface area contributed by atoms with Crippen LogP contribution in [0.3, 0.4) is 0 Å². The summed E-state index contributed by atoms with van der Waals surface area (Å²) in [6.07, 6.45) is 0. The summed E-state index contributed by atoms with van der Waals surface area (Å²) in [6.45, 7) is 2.00. The molecular formula is C24H18Cl2N2O2S. The van der Waals surface area contributed by atoms with Gasteiger partial charge >= 0.3 is 0 Å². The van der Waals surface area contributed by atoms with Gasteiger partial charge in [0.15, 0.2) is 0 Å². The third-order valence-corrected chi connectivity index (χ3v) is 6.52. The zero-order valence-electron chi connectivity index (χ0n) is 16.8. The normalized spacial score (nSPS) is 13.9. The van der Waals surface area contributed by atoms with Crippen molar-refractivity contribution in [3.8, 4) is 0 Å². The average Bonchev–Trinajstić information content (AvgIpc) is 3.01. The van der Waals surface area contributed by atoms with Crippen LogP contribution in [0.5, 0.6) is 0 Å². The number of likely N-dealkylation sites (N-methyl/N-ethyl adjacent to an activating group) is 1. The minimum Gasteiger partial charge on any atom is -0.339 e. The molecule has 1 aliphatic heterocycles. The van der Waals surface area contributed by atoms with Crippen molar-refractivity contribution in [2.75, 3.05) is 16.8 Å². The van der Waals surface area contributed by atoms with Crippen LogP contribution >= 0.6 is 35.0 Å². The highest BCUT2D eigenvalue weighted by Crippen LogP contribution is 2.41. The Morgan fingerprint density at radius 3 is 2.23 bits per heavy atom. The molecule has 31 heavy (non-hydrogen) atoms. The Morgan fingerprint density at radius 2 is 1.55 bits per heavy atom. The van der Waals surface area contributed by atoms with Gasteiger partial charge in [-0.3, -0.25) is 9.59 Å². The molecule has 7 heteroatoms. The Bertz CT molecular complexity index is 1190. The first-order chi connectivity index (χ1) is 14.9. The number of aryl methyl sites for hydroxylation is 1. The lowest BCUT2D eigenvalue weighted by Gasteiger charge is -2.22. The van der Waals surface area contributed by atoms with Gasteiger partial charge in [0, 0.05) is 22.7 Å². The molecule has 0 aromatic heterocycles. The predicted octanol–water partition coefficient (Wildman–Crippen LogP) is 6.32. The van der Waals surface area contributed by atoms with Crippen molar-refractivity contribution in [1.29, 1.82) is 0 Å². The van der Waals surface area contributed by atoms with Crippen LogP contribution in [-0.4, -0.2) is 18.9 Å². The summed E-state index contributed by atoms with van der Waals surface area (Å²) in [5.41, 5.74) is 2.46. The Kier molecular flexibility index (Phi) is 6.10. The fourth-order valence-corrected chi connectivity index (χ4v) is 4.64.